The topological polar surface area (TPSA) is 62.5 Å². The van der Waals surface area contributed by atoms with Gasteiger partial charge in [-0.05, 0) is 55.4 Å². The second-order valence-electron chi connectivity index (χ2n) is 7.17. The highest BCUT2D eigenvalue weighted by Gasteiger charge is 2.39. The van der Waals surface area contributed by atoms with Gasteiger partial charge in [0.15, 0.2) is 5.96 Å². The largest absolute Gasteiger partial charge is 0.469 e. The Bertz CT molecular complexity index is 683. The standard InChI is InChI=1S/C20H26N4O/c1-2-9-21-17(4-1)14-23-20(22-10-8-18-5-3-11-25-18)24-19-13-15-6-7-16(19)12-15/h1-5,9,11,15-16,19H,6-8,10,12-14H2,(H2,22,23,24). The summed E-state index contributed by atoms with van der Waals surface area (Å²) in [6, 6.07) is 10.5. The number of hydrogen-bond donors (Lipinski definition) is 2. The fourth-order valence-corrected chi connectivity index (χ4v) is 4.16. The lowest BCUT2D eigenvalue weighted by atomic mass is 9.95. The van der Waals surface area contributed by atoms with Gasteiger partial charge < -0.3 is 15.1 Å². The SMILES string of the molecule is c1ccc(CN=C(NCCc2ccco2)NC2CC3CCC2C3)nc1. The van der Waals surface area contributed by atoms with Gasteiger partial charge in [-0.1, -0.05) is 12.5 Å². The highest BCUT2D eigenvalue weighted by Crippen LogP contribution is 2.44. The second-order valence-corrected chi connectivity index (χ2v) is 7.17. The summed E-state index contributed by atoms with van der Waals surface area (Å²) in [5.41, 5.74) is 0.988. The fraction of sp³-hybridized carbons (Fsp3) is 0.500. The Kier molecular flexibility index (Phi) is 5.00. The van der Waals surface area contributed by atoms with E-state index < -0.39 is 0 Å². The number of aliphatic imine (C=N–C) groups is 1. The molecule has 4 rings (SSSR count). The predicted octanol–water partition coefficient (Wildman–Crippen LogP) is 3.14. The molecular weight excluding hydrogens is 312 g/mol. The van der Waals surface area contributed by atoms with E-state index in [1.165, 1.54) is 25.7 Å². The maximum absolute atomic E-state index is 5.41. The Morgan fingerprint density at radius 2 is 2.20 bits per heavy atom. The summed E-state index contributed by atoms with van der Waals surface area (Å²) in [5, 5.41) is 7.14. The van der Waals surface area contributed by atoms with Crippen molar-refractivity contribution < 1.29 is 4.42 Å². The van der Waals surface area contributed by atoms with Gasteiger partial charge in [-0.2, -0.15) is 0 Å². The molecule has 0 spiro atoms. The Balaban J connectivity index is 1.37. The maximum Gasteiger partial charge on any atom is 0.191 e. The average Bonchev–Trinajstić information content (AvgIpc) is 3.39. The van der Waals surface area contributed by atoms with E-state index in [-0.39, 0.29) is 0 Å². The molecule has 132 valence electrons. The minimum atomic E-state index is 0.567. The lowest BCUT2D eigenvalue weighted by Gasteiger charge is -2.25. The van der Waals surface area contributed by atoms with E-state index >= 15 is 0 Å². The number of fused-ring (bicyclic) bond motifs is 2. The molecule has 25 heavy (non-hydrogen) atoms. The summed E-state index contributed by atoms with van der Waals surface area (Å²) in [6.45, 7) is 1.40. The van der Waals surface area contributed by atoms with E-state index in [4.69, 9.17) is 9.41 Å². The van der Waals surface area contributed by atoms with Crippen molar-refractivity contribution >= 4 is 5.96 Å². The highest BCUT2D eigenvalue weighted by molar-refractivity contribution is 5.80. The molecule has 0 aromatic carbocycles. The van der Waals surface area contributed by atoms with Crippen molar-refractivity contribution in [2.75, 3.05) is 6.54 Å². The molecule has 2 aliphatic rings. The van der Waals surface area contributed by atoms with Crippen molar-refractivity contribution in [1.29, 1.82) is 0 Å². The van der Waals surface area contributed by atoms with Crippen LogP contribution in [0.5, 0.6) is 0 Å². The molecule has 3 atom stereocenters. The van der Waals surface area contributed by atoms with Crippen LogP contribution in [0.25, 0.3) is 0 Å². The van der Waals surface area contributed by atoms with Crippen LogP contribution in [0.1, 0.15) is 37.1 Å². The van der Waals surface area contributed by atoms with Crippen LogP contribution in [0.3, 0.4) is 0 Å². The third-order valence-corrected chi connectivity index (χ3v) is 5.43. The van der Waals surface area contributed by atoms with Gasteiger partial charge in [-0.15, -0.1) is 0 Å². The summed E-state index contributed by atoms with van der Waals surface area (Å²) < 4.78 is 5.41. The molecule has 2 heterocycles. The van der Waals surface area contributed by atoms with Crippen molar-refractivity contribution in [1.82, 2.24) is 15.6 Å². The van der Waals surface area contributed by atoms with E-state index in [0.29, 0.717) is 12.6 Å². The molecule has 5 heteroatoms. The summed E-state index contributed by atoms with van der Waals surface area (Å²) in [5.74, 6) is 3.63. The van der Waals surface area contributed by atoms with E-state index in [0.717, 1.165) is 42.2 Å². The molecule has 0 radical (unpaired) electrons. The zero-order valence-corrected chi connectivity index (χ0v) is 14.5. The number of hydrogen-bond acceptors (Lipinski definition) is 3. The summed E-state index contributed by atoms with van der Waals surface area (Å²) >= 11 is 0. The number of pyridine rings is 1. The van der Waals surface area contributed by atoms with E-state index in [9.17, 15) is 0 Å². The van der Waals surface area contributed by atoms with Crippen LogP contribution in [-0.4, -0.2) is 23.5 Å². The van der Waals surface area contributed by atoms with Crippen LogP contribution < -0.4 is 10.6 Å². The van der Waals surface area contributed by atoms with E-state index in [1.54, 1.807) is 6.26 Å². The number of aromatic nitrogens is 1. The van der Waals surface area contributed by atoms with E-state index in [2.05, 4.69) is 15.6 Å². The van der Waals surface area contributed by atoms with Gasteiger partial charge >= 0.3 is 0 Å². The molecule has 2 N–H and O–H groups in total. The maximum atomic E-state index is 5.41. The quantitative estimate of drug-likeness (QED) is 0.627. The Morgan fingerprint density at radius 1 is 1.20 bits per heavy atom. The van der Waals surface area contributed by atoms with Gasteiger partial charge in [0.2, 0.25) is 0 Å². The molecule has 2 aromatic rings. The number of rotatable bonds is 6. The van der Waals surface area contributed by atoms with Gasteiger partial charge in [-0.3, -0.25) is 4.98 Å². The van der Waals surface area contributed by atoms with Crippen LogP contribution in [0.4, 0.5) is 0 Å². The molecule has 0 aliphatic heterocycles. The molecule has 2 saturated carbocycles. The van der Waals surface area contributed by atoms with Crippen LogP contribution in [-0.2, 0) is 13.0 Å². The van der Waals surface area contributed by atoms with Crippen molar-refractivity contribution in [2.45, 2.75) is 44.7 Å². The first kappa shape index (κ1) is 16.2. The van der Waals surface area contributed by atoms with Crippen molar-refractivity contribution in [3.05, 3.63) is 54.2 Å². The Hall–Kier alpha value is -2.30. The second kappa shape index (κ2) is 7.72. The van der Waals surface area contributed by atoms with Crippen LogP contribution in [0, 0.1) is 11.8 Å². The van der Waals surface area contributed by atoms with Gasteiger partial charge in [0, 0.05) is 25.2 Å². The zero-order chi connectivity index (χ0) is 16.9. The first-order valence-corrected chi connectivity index (χ1v) is 9.34. The normalized spacial score (nSPS) is 25.3. The van der Waals surface area contributed by atoms with Gasteiger partial charge in [0.25, 0.3) is 0 Å². The number of nitrogens with one attached hydrogen (secondary N) is 2. The molecule has 0 saturated heterocycles. The van der Waals surface area contributed by atoms with Crippen molar-refractivity contribution in [3.8, 4) is 0 Å². The van der Waals surface area contributed by atoms with E-state index in [1.807, 2.05) is 36.5 Å². The minimum Gasteiger partial charge on any atom is -0.469 e. The fourth-order valence-electron chi connectivity index (χ4n) is 4.16. The number of furan rings is 1. The molecule has 2 aromatic heterocycles. The smallest absolute Gasteiger partial charge is 0.191 e. The van der Waals surface area contributed by atoms with Crippen LogP contribution >= 0.6 is 0 Å². The molecule has 2 bridgehead atoms. The van der Waals surface area contributed by atoms with Crippen molar-refractivity contribution in [2.24, 2.45) is 16.8 Å². The first-order valence-electron chi connectivity index (χ1n) is 9.34. The third-order valence-electron chi connectivity index (χ3n) is 5.43. The van der Waals surface area contributed by atoms with Crippen LogP contribution in [0.15, 0.2) is 52.2 Å². The molecule has 0 amide bonds. The molecule has 2 aliphatic carbocycles. The summed E-state index contributed by atoms with van der Waals surface area (Å²) in [7, 11) is 0. The minimum absolute atomic E-state index is 0.567. The molecule has 2 fully saturated rings. The monoisotopic (exact) mass is 338 g/mol. The number of guanidine groups is 1. The highest BCUT2D eigenvalue weighted by atomic mass is 16.3. The lowest BCUT2D eigenvalue weighted by Crippen LogP contribution is -2.46. The van der Waals surface area contributed by atoms with Crippen LogP contribution in [0.2, 0.25) is 0 Å². The molecule has 5 nitrogen and oxygen atoms in total. The van der Waals surface area contributed by atoms with Crippen molar-refractivity contribution in [3.63, 3.8) is 0 Å². The van der Waals surface area contributed by atoms with Gasteiger partial charge in [-0.25, -0.2) is 4.99 Å². The Labute approximate surface area is 149 Å². The predicted molar refractivity (Wildman–Crippen MR) is 98.2 cm³/mol. The zero-order valence-electron chi connectivity index (χ0n) is 14.5. The van der Waals surface area contributed by atoms with Gasteiger partial charge in [0.1, 0.15) is 5.76 Å². The molecule has 3 unspecified atom stereocenters. The Morgan fingerprint density at radius 3 is 2.92 bits per heavy atom. The number of nitrogens with zero attached hydrogens (tertiary/aromatic N) is 2. The third kappa shape index (κ3) is 4.21. The average molecular weight is 338 g/mol. The summed E-state index contributed by atoms with van der Waals surface area (Å²) in [6.07, 6.45) is 9.84. The molecular formula is C20H26N4O. The van der Waals surface area contributed by atoms with Gasteiger partial charge in [0.05, 0.1) is 18.5 Å². The lowest BCUT2D eigenvalue weighted by molar-refractivity contribution is 0.387. The summed E-state index contributed by atoms with van der Waals surface area (Å²) in [4.78, 5) is 9.13. The first-order chi connectivity index (χ1) is 12.4.